The van der Waals surface area contributed by atoms with Gasteiger partial charge >= 0.3 is 0 Å². The minimum Gasteiger partial charge on any atom is -0.399 e. The first kappa shape index (κ1) is 15.0. The molecular weight excluding hydrogens is 266 g/mol. The van der Waals surface area contributed by atoms with E-state index in [1.54, 1.807) is 11.3 Å². The Morgan fingerprint density at radius 1 is 1.25 bits per heavy atom. The summed E-state index contributed by atoms with van der Waals surface area (Å²) in [5.74, 6) is 0. The lowest BCUT2D eigenvalue weighted by Gasteiger charge is -2.30. The number of hydrogen-bond donors (Lipinski definition) is 1. The fraction of sp³-hybridized carbons (Fsp3) is 0.438. The van der Waals surface area contributed by atoms with E-state index < -0.39 is 0 Å². The van der Waals surface area contributed by atoms with Crippen LogP contribution in [0.4, 0.5) is 5.69 Å². The Kier molecular flexibility index (Phi) is 4.45. The van der Waals surface area contributed by atoms with Crippen molar-refractivity contribution in [3.8, 4) is 0 Å². The second-order valence-electron chi connectivity index (χ2n) is 6.04. The predicted molar refractivity (Wildman–Crippen MR) is 87.1 cm³/mol. The van der Waals surface area contributed by atoms with E-state index in [4.69, 9.17) is 5.73 Å². The molecule has 0 amide bonds. The molecule has 20 heavy (non-hydrogen) atoms. The first-order valence-electron chi connectivity index (χ1n) is 6.82. The van der Waals surface area contributed by atoms with Gasteiger partial charge in [0.05, 0.1) is 10.7 Å². The molecule has 0 aliphatic carbocycles. The number of rotatable bonds is 5. The van der Waals surface area contributed by atoms with Gasteiger partial charge in [0.25, 0.3) is 0 Å². The molecule has 1 aromatic heterocycles. The molecular formula is C16H23N3S. The fourth-order valence-corrected chi connectivity index (χ4v) is 3.12. The summed E-state index contributed by atoms with van der Waals surface area (Å²) in [5.41, 5.74) is 9.13. The van der Waals surface area contributed by atoms with Crippen molar-refractivity contribution in [2.24, 2.45) is 0 Å². The third-order valence-corrected chi connectivity index (χ3v) is 4.28. The van der Waals surface area contributed by atoms with Crippen LogP contribution >= 0.6 is 11.3 Å². The first-order chi connectivity index (χ1) is 9.37. The van der Waals surface area contributed by atoms with E-state index in [2.05, 4.69) is 48.3 Å². The summed E-state index contributed by atoms with van der Waals surface area (Å²) in [6.45, 7) is 8.45. The van der Waals surface area contributed by atoms with Gasteiger partial charge in [-0.15, -0.1) is 11.3 Å². The number of nitrogens with zero attached hydrogens (tertiary/aromatic N) is 2. The lowest BCUT2D eigenvalue weighted by atomic mass is 9.84. The molecule has 0 bridgehead atoms. The molecule has 2 N–H and O–H groups in total. The zero-order valence-electron chi connectivity index (χ0n) is 12.7. The van der Waals surface area contributed by atoms with Crippen LogP contribution in [0.3, 0.4) is 0 Å². The van der Waals surface area contributed by atoms with Crippen LogP contribution in [0.5, 0.6) is 0 Å². The molecule has 3 nitrogen and oxygen atoms in total. The molecule has 2 rings (SSSR count). The minimum absolute atomic E-state index is 0.0908. The highest BCUT2D eigenvalue weighted by atomic mass is 32.1. The van der Waals surface area contributed by atoms with Gasteiger partial charge in [-0.1, -0.05) is 26.0 Å². The molecule has 0 aliphatic heterocycles. The highest BCUT2D eigenvalue weighted by Gasteiger charge is 2.22. The van der Waals surface area contributed by atoms with Gasteiger partial charge in [0.15, 0.2) is 0 Å². The maximum Gasteiger partial charge on any atom is 0.0897 e. The number of aromatic nitrogens is 1. The molecule has 0 radical (unpaired) electrons. The van der Waals surface area contributed by atoms with E-state index in [1.165, 1.54) is 5.56 Å². The van der Waals surface area contributed by atoms with E-state index in [9.17, 15) is 0 Å². The summed E-state index contributed by atoms with van der Waals surface area (Å²) in [7, 11) is 2.15. The number of likely N-dealkylation sites (N-methyl/N-ethyl adjacent to an activating group) is 1. The highest BCUT2D eigenvalue weighted by molar-refractivity contribution is 7.09. The summed E-state index contributed by atoms with van der Waals surface area (Å²) in [6.07, 6.45) is 0. The van der Waals surface area contributed by atoms with Gasteiger partial charge in [0.2, 0.25) is 0 Å². The molecule has 0 spiro atoms. The Morgan fingerprint density at radius 2 is 1.90 bits per heavy atom. The van der Waals surface area contributed by atoms with Crippen molar-refractivity contribution in [3.63, 3.8) is 0 Å². The Balaban J connectivity index is 2.01. The maximum absolute atomic E-state index is 5.76. The van der Waals surface area contributed by atoms with Gasteiger partial charge in [-0.05, 0) is 31.7 Å². The molecule has 4 heteroatoms. The Morgan fingerprint density at radius 3 is 2.45 bits per heavy atom. The average molecular weight is 289 g/mol. The van der Waals surface area contributed by atoms with Crippen molar-refractivity contribution in [1.82, 2.24) is 9.88 Å². The van der Waals surface area contributed by atoms with Gasteiger partial charge in [-0.2, -0.15) is 0 Å². The van der Waals surface area contributed by atoms with Gasteiger partial charge in [-0.3, -0.25) is 4.90 Å². The molecule has 0 fully saturated rings. The van der Waals surface area contributed by atoms with Crippen molar-refractivity contribution < 1.29 is 0 Å². The van der Waals surface area contributed by atoms with Crippen LogP contribution in [-0.2, 0) is 12.0 Å². The van der Waals surface area contributed by atoms with Crippen LogP contribution in [0.2, 0.25) is 0 Å². The van der Waals surface area contributed by atoms with E-state index in [0.717, 1.165) is 29.5 Å². The van der Waals surface area contributed by atoms with Crippen molar-refractivity contribution >= 4 is 17.0 Å². The van der Waals surface area contributed by atoms with E-state index in [1.807, 2.05) is 19.1 Å². The topological polar surface area (TPSA) is 42.2 Å². The molecule has 1 aromatic carbocycles. The number of anilines is 1. The van der Waals surface area contributed by atoms with Crippen LogP contribution in [0.1, 0.15) is 30.1 Å². The zero-order chi connectivity index (χ0) is 14.8. The lowest BCUT2D eigenvalue weighted by molar-refractivity contribution is 0.259. The Hall–Kier alpha value is -1.39. The van der Waals surface area contributed by atoms with Crippen LogP contribution in [0, 0.1) is 6.92 Å². The number of nitrogens with two attached hydrogens (primary N) is 1. The van der Waals surface area contributed by atoms with E-state index in [-0.39, 0.29) is 5.41 Å². The number of aryl methyl sites for hydroxylation is 1. The normalized spacial score (nSPS) is 12.1. The van der Waals surface area contributed by atoms with Crippen molar-refractivity contribution in [3.05, 3.63) is 45.9 Å². The van der Waals surface area contributed by atoms with Gasteiger partial charge in [-0.25, -0.2) is 4.98 Å². The highest BCUT2D eigenvalue weighted by Crippen LogP contribution is 2.25. The maximum atomic E-state index is 5.76. The summed E-state index contributed by atoms with van der Waals surface area (Å²) in [4.78, 5) is 6.85. The van der Waals surface area contributed by atoms with Crippen LogP contribution in [0.15, 0.2) is 29.6 Å². The molecule has 0 aliphatic rings. The SMILES string of the molecule is Cc1nc(CN(C)CC(C)(C)c2ccc(N)cc2)cs1. The predicted octanol–water partition coefficient (Wildman–Crippen LogP) is 3.44. The van der Waals surface area contributed by atoms with Crippen molar-refractivity contribution in [2.75, 3.05) is 19.3 Å². The first-order valence-corrected chi connectivity index (χ1v) is 7.70. The summed E-state index contributed by atoms with van der Waals surface area (Å²) >= 11 is 1.71. The average Bonchev–Trinajstić information content (AvgIpc) is 2.74. The largest absolute Gasteiger partial charge is 0.399 e. The van der Waals surface area contributed by atoms with Crippen LogP contribution < -0.4 is 5.73 Å². The standard InChI is InChI=1S/C16H23N3S/c1-12-18-15(10-20-12)9-19(4)11-16(2,3)13-5-7-14(17)8-6-13/h5-8,10H,9,11,17H2,1-4H3. The smallest absolute Gasteiger partial charge is 0.0897 e. The molecule has 2 aromatic rings. The van der Waals surface area contributed by atoms with Crippen molar-refractivity contribution in [2.45, 2.75) is 32.7 Å². The third-order valence-electron chi connectivity index (χ3n) is 3.46. The quantitative estimate of drug-likeness (QED) is 0.857. The van der Waals surface area contributed by atoms with Gasteiger partial charge in [0, 0.05) is 29.6 Å². The minimum atomic E-state index is 0.0908. The fourth-order valence-electron chi connectivity index (χ4n) is 2.51. The Labute approximate surface area is 125 Å². The monoisotopic (exact) mass is 289 g/mol. The molecule has 1 heterocycles. The Bertz CT molecular complexity index is 557. The molecule has 0 atom stereocenters. The second-order valence-corrected chi connectivity index (χ2v) is 7.10. The van der Waals surface area contributed by atoms with E-state index >= 15 is 0 Å². The van der Waals surface area contributed by atoms with Gasteiger partial charge in [0.1, 0.15) is 0 Å². The second kappa shape index (κ2) is 5.94. The van der Waals surface area contributed by atoms with Gasteiger partial charge < -0.3 is 5.73 Å². The molecule has 0 unspecified atom stereocenters. The lowest BCUT2D eigenvalue weighted by Crippen LogP contribution is -2.34. The van der Waals surface area contributed by atoms with Crippen LogP contribution in [0.25, 0.3) is 0 Å². The summed E-state index contributed by atoms with van der Waals surface area (Å²) < 4.78 is 0. The summed E-state index contributed by atoms with van der Waals surface area (Å²) in [5, 5.41) is 3.27. The number of thiazole rings is 1. The zero-order valence-corrected chi connectivity index (χ0v) is 13.5. The molecule has 0 saturated carbocycles. The van der Waals surface area contributed by atoms with E-state index in [0.29, 0.717) is 0 Å². The number of hydrogen-bond acceptors (Lipinski definition) is 4. The number of nitrogen functional groups attached to an aromatic ring is 1. The van der Waals surface area contributed by atoms with Crippen molar-refractivity contribution in [1.29, 1.82) is 0 Å². The number of benzene rings is 1. The molecule has 108 valence electrons. The third kappa shape index (κ3) is 3.81. The summed E-state index contributed by atoms with van der Waals surface area (Å²) in [6, 6.07) is 8.19. The molecule has 0 saturated heterocycles. The van der Waals surface area contributed by atoms with Crippen LogP contribution in [-0.4, -0.2) is 23.5 Å².